The van der Waals surface area contributed by atoms with Crippen LogP contribution in [0.5, 0.6) is 5.75 Å². The Morgan fingerprint density at radius 3 is 2.30 bits per heavy atom. The Labute approximate surface area is 142 Å². The molecular formula is C19H32N2OSi. The van der Waals surface area contributed by atoms with E-state index >= 15 is 0 Å². The van der Waals surface area contributed by atoms with Crippen LogP contribution in [0, 0.1) is 0 Å². The summed E-state index contributed by atoms with van der Waals surface area (Å²) < 4.78 is 8.88. The third kappa shape index (κ3) is 3.81. The summed E-state index contributed by atoms with van der Waals surface area (Å²) >= 11 is 0. The summed E-state index contributed by atoms with van der Waals surface area (Å²) in [7, 11) is -1.82. The Morgan fingerprint density at radius 2 is 1.74 bits per heavy atom. The first kappa shape index (κ1) is 18.1. The predicted octanol–water partition coefficient (Wildman–Crippen LogP) is 5.32. The zero-order valence-corrected chi connectivity index (χ0v) is 16.8. The van der Waals surface area contributed by atoms with Gasteiger partial charge in [-0.25, -0.2) is 0 Å². The van der Waals surface area contributed by atoms with Crippen molar-refractivity contribution in [3.05, 3.63) is 30.5 Å². The number of fused-ring (bicyclic) bond motifs is 1. The van der Waals surface area contributed by atoms with Crippen molar-refractivity contribution in [3.8, 4) is 5.75 Å². The van der Waals surface area contributed by atoms with Gasteiger partial charge in [0.05, 0.1) is 12.2 Å². The van der Waals surface area contributed by atoms with Gasteiger partial charge in [0.2, 0.25) is 0 Å². The molecule has 1 aromatic carbocycles. The molecule has 0 aliphatic heterocycles. The average Bonchev–Trinajstić information content (AvgIpc) is 2.87. The first-order chi connectivity index (χ1) is 10.7. The van der Waals surface area contributed by atoms with E-state index in [0.29, 0.717) is 0 Å². The van der Waals surface area contributed by atoms with Gasteiger partial charge in [-0.15, -0.1) is 0 Å². The van der Waals surface area contributed by atoms with Crippen molar-refractivity contribution in [1.82, 2.24) is 9.47 Å². The zero-order chi connectivity index (χ0) is 17.3. The topological polar surface area (TPSA) is 17.4 Å². The van der Waals surface area contributed by atoms with Gasteiger partial charge < -0.3 is 8.99 Å². The SMILES string of the molecule is CCN(CC)Cn1ccc2c(O[Si](C)(C)C(C)(C)C)cccc21. The van der Waals surface area contributed by atoms with Crippen LogP contribution in [-0.4, -0.2) is 30.9 Å². The number of aromatic nitrogens is 1. The quantitative estimate of drug-likeness (QED) is 0.666. The highest BCUT2D eigenvalue weighted by Gasteiger charge is 2.39. The van der Waals surface area contributed by atoms with Gasteiger partial charge in [-0.05, 0) is 49.4 Å². The Hall–Kier alpha value is -1.26. The fourth-order valence-corrected chi connectivity index (χ4v) is 3.51. The fraction of sp³-hybridized carbons (Fsp3) is 0.579. The van der Waals surface area contributed by atoms with E-state index < -0.39 is 8.32 Å². The maximum atomic E-state index is 6.56. The minimum Gasteiger partial charge on any atom is -0.543 e. The van der Waals surface area contributed by atoms with Crippen molar-refractivity contribution in [2.45, 2.75) is 59.4 Å². The largest absolute Gasteiger partial charge is 0.543 e. The van der Waals surface area contributed by atoms with E-state index in [-0.39, 0.29) is 5.04 Å². The second kappa shape index (κ2) is 6.69. The number of benzene rings is 1. The molecule has 0 atom stereocenters. The van der Waals surface area contributed by atoms with Gasteiger partial charge in [0, 0.05) is 11.6 Å². The number of nitrogens with zero attached hydrogens (tertiary/aromatic N) is 2. The van der Waals surface area contributed by atoms with Crippen molar-refractivity contribution >= 4 is 19.2 Å². The van der Waals surface area contributed by atoms with Gasteiger partial charge in [0.25, 0.3) is 8.32 Å². The van der Waals surface area contributed by atoms with E-state index in [1.54, 1.807) is 0 Å². The molecule has 0 N–H and O–H groups in total. The summed E-state index contributed by atoms with van der Waals surface area (Å²) in [6.45, 7) is 18.9. The predicted molar refractivity (Wildman–Crippen MR) is 103 cm³/mol. The van der Waals surface area contributed by atoms with Gasteiger partial charge in [-0.3, -0.25) is 4.90 Å². The summed E-state index contributed by atoms with van der Waals surface area (Å²) in [5, 5.41) is 1.43. The molecule has 0 spiro atoms. The molecule has 0 aliphatic rings. The first-order valence-corrected chi connectivity index (χ1v) is 11.6. The van der Waals surface area contributed by atoms with Crippen molar-refractivity contribution in [2.75, 3.05) is 13.1 Å². The maximum Gasteiger partial charge on any atom is 0.250 e. The maximum absolute atomic E-state index is 6.56. The van der Waals surface area contributed by atoms with Crippen LogP contribution in [0.2, 0.25) is 18.1 Å². The summed E-state index contributed by atoms with van der Waals surface area (Å²) in [4.78, 5) is 2.42. The molecule has 0 fully saturated rings. The fourth-order valence-electron chi connectivity index (χ4n) is 2.47. The molecule has 1 heterocycles. The first-order valence-electron chi connectivity index (χ1n) is 8.69. The average molecular weight is 333 g/mol. The van der Waals surface area contributed by atoms with E-state index in [1.807, 2.05) is 0 Å². The minimum absolute atomic E-state index is 0.207. The van der Waals surface area contributed by atoms with Crippen LogP contribution in [0.25, 0.3) is 10.9 Å². The van der Waals surface area contributed by atoms with E-state index in [0.717, 1.165) is 25.5 Å². The van der Waals surface area contributed by atoms with Crippen LogP contribution in [0.15, 0.2) is 30.5 Å². The molecule has 128 valence electrons. The lowest BCUT2D eigenvalue weighted by atomic mass is 10.2. The Balaban J connectivity index is 2.35. The number of hydrogen-bond acceptors (Lipinski definition) is 2. The third-order valence-corrected chi connectivity index (χ3v) is 9.53. The third-order valence-electron chi connectivity index (χ3n) is 5.19. The summed E-state index contributed by atoms with van der Waals surface area (Å²) in [5.41, 5.74) is 1.26. The molecule has 1 aromatic heterocycles. The lowest BCUT2D eigenvalue weighted by Crippen LogP contribution is -2.43. The highest BCUT2D eigenvalue weighted by Crippen LogP contribution is 2.39. The van der Waals surface area contributed by atoms with E-state index in [2.05, 4.69) is 87.6 Å². The summed E-state index contributed by atoms with van der Waals surface area (Å²) in [6.07, 6.45) is 2.18. The molecule has 0 saturated carbocycles. The molecule has 2 rings (SSSR count). The Morgan fingerprint density at radius 1 is 1.09 bits per heavy atom. The Kier molecular flexibility index (Phi) is 5.26. The van der Waals surface area contributed by atoms with Crippen molar-refractivity contribution in [1.29, 1.82) is 0 Å². The van der Waals surface area contributed by atoms with Crippen LogP contribution in [0.4, 0.5) is 0 Å². The van der Waals surface area contributed by atoms with Gasteiger partial charge in [-0.1, -0.05) is 40.7 Å². The second-order valence-electron chi connectivity index (χ2n) is 7.78. The van der Waals surface area contributed by atoms with Crippen molar-refractivity contribution in [3.63, 3.8) is 0 Å². The lowest BCUT2D eigenvalue weighted by molar-refractivity contribution is 0.246. The molecule has 0 unspecified atom stereocenters. The lowest BCUT2D eigenvalue weighted by Gasteiger charge is -2.36. The van der Waals surface area contributed by atoms with E-state index in [9.17, 15) is 0 Å². The van der Waals surface area contributed by atoms with Crippen LogP contribution in [-0.2, 0) is 6.67 Å². The normalized spacial score (nSPS) is 13.0. The molecule has 3 nitrogen and oxygen atoms in total. The zero-order valence-electron chi connectivity index (χ0n) is 15.8. The molecule has 2 aromatic rings. The molecule has 4 heteroatoms. The van der Waals surface area contributed by atoms with Gasteiger partial charge in [-0.2, -0.15) is 0 Å². The van der Waals surface area contributed by atoms with Crippen molar-refractivity contribution in [2.24, 2.45) is 0 Å². The van der Waals surface area contributed by atoms with Gasteiger partial charge in [0.1, 0.15) is 5.75 Å². The monoisotopic (exact) mass is 332 g/mol. The van der Waals surface area contributed by atoms with Crippen LogP contribution in [0.1, 0.15) is 34.6 Å². The smallest absolute Gasteiger partial charge is 0.250 e. The van der Waals surface area contributed by atoms with Crippen LogP contribution < -0.4 is 4.43 Å². The van der Waals surface area contributed by atoms with Crippen molar-refractivity contribution < 1.29 is 4.43 Å². The van der Waals surface area contributed by atoms with Gasteiger partial charge in [0.15, 0.2) is 0 Å². The van der Waals surface area contributed by atoms with Crippen LogP contribution in [0.3, 0.4) is 0 Å². The molecule has 23 heavy (non-hydrogen) atoms. The summed E-state index contributed by atoms with van der Waals surface area (Å²) in [5.74, 6) is 1.03. The molecule has 0 saturated heterocycles. The standard InChI is InChI=1S/C19H32N2OSi/c1-8-20(9-2)15-21-14-13-16-17(21)11-10-12-18(16)22-23(6,7)19(3,4)5/h10-14H,8-9,15H2,1-7H3. The van der Waals surface area contributed by atoms with E-state index in [4.69, 9.17) is 4.43 Å². The molecule has 0 aliphatic carbocycles. The second-order valence-corrected chi connectivity index (χ2v) is 12.5. The minimum atomic E-state index is -1.82. The van der Waals surface area contributed by atoms with Crippen LogP contribution >= 0.6 is 0 Å². The highest BCUT2D eigenvalue weighted by atomic mass is 28.4. The molecular weight excluding hydrogens is 300 g/mol. The molecule has 0 radical (unpaired) electrons. The number of rotatable bonds is 6. The molecule has 0 amide bonds. The number of hydrogen-bond donors (Lipinski definition) is 0. The molecule has 0 bridgehead atoms. The van der Waals surface area contributed by atoms with E-state index in [1.165, 1.54) is 10.9 Å². The summed E-state index contributed by atoms with van der Waals surface area (Å²) in [6, 6.07) is 8.62. The Bertz CT molecular complexity index is 651. The van der Waals surface area contributed by atoms with Gasteiger partial charge >= 0.3 is 0 Å². The highest BCUT2D eigenvalue weighted by molar-refractivity contribution is 6.74.